The normalized spacial score (nSPS) is 15.9. The predicted octanol–water partition coefficient (Wildman–Crippen LogP) is 3.94. The fourth-order valence-electron chi connectivity index (χ4n) is 2.36. The van der Waals surface area contributed by atoms with E-state index >= 15 is 0 Å². The third-order valence-electron chi connectivity index (χ3n) is 2.97. The quantitative estimate of drug-likeness (QED) is 0.762. The van der Waals surface area contributed by atoms with Gasteiger partial charge in [0.1, 0.15) is 0 Å². The molecule has 0 N–H and O–H groups in total. The van der Waals surface area contributed by atoms with Crippen LogP contribution in [0.2, 0.25) is 0 Å². The van der Waals surface area contributed by atoms with Gasteiger partial charge in [0.25, 0.3) is 0 Å². The van der Waals surface area contributed by atoms with E-state index in [4.69, 9.17) is 0 Å². The average molecular weight is 319 g/mol. The molecule has 1 aromatic carbocycles. The monoisotopic (exact) mass is 320 g/mol. The van der Waals surface area contributed by atoms with E-state index < -0.39 is 0 Å². The molecule has 0 aromatic heterocycles. The van der Waals surface area contributed by atoms with Crippen LogP contribution >= 0.6 is 0 Å². The van der Waals surface area contributed by atoms with Gasteiger partial charge in [0.05, 0.1) is 0 Å². The van der Waals surface area contributed by atoms with Gasteiger partial charge in [-0.3, -0.25) is 0 Å². The maximum absolute atomic E-state index is 2.64. The molecule has 0 unspecified atom stereocenters. The first-order chi connectivity index (χ1) is 8.66. The molecule has 1 heterocycles. The summed E-state index contributed by atoms with van der Waals surface area (Å²) < 4.78 is 5.28. The van der Waals surface area contributed by atoms with Gasteiger partial charge in [0.15, 0.2) is 0 Å². The fourth-order valence-corrected chi connectivity index (χ4v) is 6.51. The SMILES string of the molecule is CC(C)(C)C[N]1[Ge][N](CC(C)(C)C)c2ccccc21. The summed E-state index contributed by atoms with van der Waals surface area (Å²) in [7, 11) is 0. The van der Waals surface area contributed by atoms with Gasteiger partial charge in [-0.2, -0.15) is 0 Å². The molecule has 0 spiro atoms. The van der Waals surface area contributed by atoms with Gasteiger partial charge < -0.3 is 0 Å². The number of benzene rings is 1. The van der Waals surface area contributed by atoms with Crippen molar-refractivity contribution in [2.24, 2.45) is 10.8 Å². The summed E-state index contributed by atoms with van der Waals surface area (Å²) in [6.45, 7) is 16.3. The second kappa shape index (κ2) is 5.04. The van der Waals surface area contributed by atoms with E-state index in [0.29, 0.717) is 10.8 Å². The molecular formula is C16H26GeN2. The van der Waals surface area contributed by atoms with Crippen LogP contribution in [0.3, 0.4) is 0 Å². The molecule has 0 atom stereocenters. The molecule has 2 rings (SSSR count). The number of hydrogen-bond acceptors (Lipinski definition) is 2. The molecule has 2 nitrogen and oxygen atoms in total. The van der Waals surface area contributed by atoms with Crippen LogP contribution in [0.1, 0.15) is 41.5 Å². The van der Waals surface area contributed by atoms with Crippen LogP contribution in [0, 0.1) is 10.8 Å². The number of hydrogen-bond donors (Lipinski definition) is 0. The van der Waals surface area contributed by atoms with Crippen LogP contribution in [0.5, 0.6) is 0 Å². The number of para-hydroxylation sites is 2. The zero-order chi connectivity index (χ0) is 14.3. The molecule has 104 valence electrons. The second-order valence-electron chi connectivity index (χ2n) is 7.88. The fraction of sp³-hybridized carbons (Fsp3) is 0.625. The molecule has 1 aliphatic heterocycles. The zero-order valence-electron chi connectivity index (χ0n) is 13.1. The van der Waals surface area contributed by atoms with Gasteiger partial charge in [-0.05, 0) is 0 Å². The van der Waals surface area contributed by atoms with Crippen LogP contribution in [0.4, 0.5) is 11.4 Å². The van der Waals surface area contributed by atoms with E-state index in [0.717, 1.165) is 13.1 Å². The van der Waals surface area contributed by atoms with Crippen LogP contribution in [0.25, 0.3) is 0 Å². The summed E-state index contributed by atoms with van der Waals surface area (Å²) in [6, 6.07) is 8.91. The van der Waals surface area contributed by atoms with Crippen LogP contribution < -0.4 is 7.71 Å². The van der Waals surface area contributed by atoms with E-state index in [1.54, 1.807) is 0 Å². The van der Waals surface area contributed by atoms with Crippen molar-refractivity contribution in [2.75, 3.05) is 20.8 Å². The van der Waals surface area contributed by atoms with E-state index in [9.17, 15) is 0 Å². The van der Waals surface area contributed by atoms with Gasteiger partial charge in [-0.1, -0.05) is 0 Å². The Balaban J connectivity index is 2.23. The number of rotatable bonds is 2. The number of nitrogens with zero attached hydrogens (tertiary/aromatic N) is 2. The first-order valence-corrected chi connectivity index (χ1v) is 8.94. The predicted molar refractivity (Wildman–Crippen MR) is 85.8 cm³/mol. The molecule has 19 heavy (non-hydrogen) atoms. The van der Waals surface area contributed by atoms with Gasteiger partial charge in [0, 0.05) is 0 Å². The summed E-state index contributed by atoms with van der Waals surface area (Å²) in [5.41, 5.74) is 3.60. The van der Waals surface area contributed by atoms with Crippen LogP contribution in [-0.4, -0.2) is 29.0 Å². The molecule has 0 saturated carbocycles. The third kappa shape index (κ3) is 3.91. The van der Waals surface area contributed by atoms with E-state index in [-0.39, 0.29) is 15.9 Å². The molecular weight excluding hydrogens is 293 g/mol. The topological polar surface area (TPSA) is 6.48 Å². The van der Waals surface area contributed by atoms with Crippen LogP contribution in [-0.2, 0) is 0 Å². The summed E-state index contributed by atoms with van der Waals surface area (Å²) in [5, 5.41) is 0. The van der Waals surface area contributed by atoms with Gasteiger partial charge in [-0.15, -0.1) is 0 Å². The van der Waals surface area contributed by atoms with Gasteiger partial charge in [0.2, 0.25) is 0 Å². The van der Waals surface area contributed by atoms with Crippen molar-refractivity contribution in [1.82, 2.24) is 0 Å². The van der Waals surface area contributed by atoms with Crippen molar-refractivity contribution in [3.05, 3.63) is 24.3 Å². The molecule has 0 bridgehead atoms. The van der Waals surface area contributed by atoms with Crippen molar-refractivity contribution in [3.63, 3.8) is 0 Å². The summed E-state index contributed by atoms with van der Waals surface area (Å²) in [4.78, 5) is 0. The zero-order valence-corrected chi connectivity index (χ0v) is 15.2. The third-order valence-corrected chi connectivity index (χ3v) is 5.66. The Bertz CT molecular complexity index is 402. The minimum atomic E-state index is -0.236. The van der Waals surface area contributed by atoms with Crippen molar-refractivity contribution in [2.45, 2.75) is 41.5 Å². The Morgan fingerprint density at radius 2 is 1.16 bits per heavy atom. The number of fused-ring (bicyclic) bond motifs is 1. The number of anilines is 2. The molecule has 1 aromatic rings. The van der Waals surface area contributed by atoms with E-state index in [2.05, 4.69) is 73.5 Å². The van der Waals surface area contributed by atoms with Crippen molar-refractivity contribution >= 4 is 27.3 Å². The Hall–Kier alpha value is -0.637. The van der Waals surface area contributed by atoms with Crippen molar-refractivity contribution in [3.8, 4) is 0 Å². The van der Waals surface area contributed by atoms with Crippen molar-refractivity contribution < 1.29 is 0 Å². The summed E-state index contributed by atoms with van der Waals surface area (Å²) in [6.07, 6.45) is 0. The first-order valence-electron chi connectivity index (χ1n) is 7.06. The Morgan fingerprint density at radius 1 is 0.789 bits per heavy atom. The average Bonchev–Trinajstić information content (AvgIpc) is 2.53. The van der Waals surface area contributed by atoms with E-state index in [1.807, 2.05) is 0 Å². The molecule has 1 aliphatic rings. The molecule has 0 saturated heterocycles. The molecule has 0 amide bonds. The summed E-state index contributed by atoms with van der Waals surface area (Å²) >= 11 is -0.236. The van der Waals surface area contributed by atoms with E-state index in [1.165, 1.54) is 11.4 Å². The molecule has 3 heteroatoms. The standard InChI is InChI=1S/C16H26GeN2/c1-15(2,3)11-18-13-9-7-8-10-14(13)19(17-18)12-16(4,5)6/h7-10H,11-12H2,1-6H3. The Kier molecular flexibility index (Phi) is 3.92. The first kappa shape index (κ1) is 14.8. The maximum atomic E-state index is 2.64. The molecule has 2 radical (unpaired) electrons. The minimum absolute atomic E-state index is 0.236. The van der Waals surface area contributed by atoms with Crippen molar-refractivity contribution in [1.29, 1.82) is 0 Å². The van der Waals surface area contributed by atoms with Gasteiger partial charge >= 0.3 is 125 Å². The Morgan fingerprint density at radius 3 is 1.47 bits per heavy atom. The molecule has 0 aliphatic carbocycles. The second-order valence-corrected chi connectivity index (χ2v) is 10.6. The molecule has 0 fully saturated rings. The Labute approximate surface area is 125 Å². The van der Waals surface area contributed by atoms with Crippen LogP contribution in [0.15, 0.2) is 24.3 Å². The van der Waals surface area contributed by atoms with Gasteiger partial charge in [-0.25, -0.2) is 0 Å². The summed E-state index contributed by atoms with van der Waals surface area (Å²) in [5.74, 6) is 0.